The molecule has 0 unspecified atom stereocenters. The van der Waals surface area contributed by atoms with Crippen molar-refractivity contribution in [2.24, 2.45) is 0 Å². The van der Waals surface area contributed by atoms with Crippen LogP contribution < -0.4 is 18.9 Å². The zero-order valence-corrected chi connectivity index (χ0v) is 15.7. The average molecular weight is 359 g/mol. The molecule has 0 bridgehead atoms. The lowest BCUT2D eigenvalue weighted by Gasteiger charge is -2.18. The predicted octanol–water partition coefficient (Wildman–Crippen LogP) is 2.79. The highest BCUT2D eigenvalue weighted by atomic mass is 16.5. The molecule has 0 N–H and O–H groups in total. The predicted molar refractivity (Wildman–Crippen MR) is 99.4 cm³/mol. The molecule has 0 aliphatic carbocycles. The minimum atomic E-state index is -0.0821. The van der Waals surface area contributed by atoms with E-state index in [1.54, 1.807) is 57.5 Å². The number of hydrogen-bond acceptors (Lipinski definition) is 5. The number of methoxy groups -OCH3 is 3. The second-order valence-electron chi connectivity index (χ2n) is 5.72. The van der Waals surface area contributed by atoms with Crippen molar-refractivity contribution in [1.82, 2.24) is 4.90 Å². The summed E-state index contributed by atoms with van der Waals surface area (Å²) in [6.07, 6.45) is 0.713. The third-order valence-corrected chi connectivity index (χ3v) is 4.03. The van der Waals surface area contributed by atoms with E-state index in [1.807, 2.05) is 18.2 Å². The van der Waals surface area contributed by atoms with Crippen LogP contribution in [-0.4, -0.2) is 52.3 Å². The van der Waals surface area contributed by atoms with E-state index in [0.29, 0.717) is 30.2 Å². The van der Waals surface area contributed by atoms with Gasteiger partial charge in [0.15, 0.2) is 18.1 Å². The van der Waals surface area contributed by atoms with E-state index in [2.05, 4.69) is 0 Å². The highest BCUT2D eigenvalue weighted by Crippen LogP contribution is 2.27. The number of carbonyl (C=O) groups is 1. The number of likely N-dealkylation sites (N-methyl/N-ethyl adjacent to an activating group) is 1. The van der Waals surface area contributed by atoms with E-state index < -0.39 is 0 Å². The van der Waals surface area contributed by atoms with Gasteiger partial charge in [0.2, 0.25) is 0 Å². The second kappa shape index (κ2) is 9.56. The van der Waals surface area contributed by atoms with E-state index in [1.165, 1.54) is 0 Å². The molecule has 0 aromatic heterocycles. The van der Waals surface area contributed by atoms with Crippen LogP contribution in [0, 0.1) is 0 Å². The van der Waals surface area contributed by atoms with E-state index in [0.717, 1.165) is 11.3 Å². The quantitative estimate of drug-likeness (QED) is 0.689. The third kappa shape index (κ3) is 5.31. The van der Waals surface area contributed by atoms with Gasteiger partial charge < -0.3 is 23.8 Å². The molecule has 140 valence electrons. The molecule has 0 aliphatic rings. The fourth-order valence-corrected chi connectivity index (χ4v) is 2.38. The number of hydrogen-bond donors (Lipinski definition) is 0. The highest BCUT2D eigenvalue weighted by Gasteiger charge is 2.11. The van der Waals surface area contributed by atoms with Crippen molar-refractivity contribution in [2.45, 2.75) is 6.42 Å². The van der Waals surface area contributed by atoms with Gasteiger partial charge in [0.1, 0.15) is 11.5 Å². The van der Waals surface area contributed by atoms with Gasteiger partial charge in [-0.05, 0) is 48.4 Å². The van der Waals surface area contributed by atoms with Crippen molar-refractivity contribution >= 4 is 5.91 Å². The van der Waals surface area contributed by atoms with Crippen LogP contribution in [0.1, 0.15) is 5.56 Å². The fourth-order valence-electron chi connectivity index (χ4n) is 2.38. The van der Waals surface area contributed by atoms with Gasteiger partial charge in [-0.3, -0.25) is 4.79 Å². The Labute approximate surface area is 154 Å². The van der Waals surface area contributed by atoms with Gasteiger partial charge in [-0.25, -0.2) is 0 Å². The summed E-state index contributed by atoms with van der Waals surface area (Å²) in [5.41, 5.74) is 1.07. The highest BCUT2D eigenvalue weighted by molar-refractivity contribution is 5.77. The minimum Gasteiger partial charge on any atom is -0.497 e. The van der Waals surface area contributed by atoms with Crippen LogP contribution in [0.5, 0.6) is 23.0 Å². The summed E-state index contributed by atoms with van der Waals surface area (Å²) in [7, 11) is 6.58. The molecule has 1 amide bonds. The van der Waals surface area contributed by atoms with E-state index in [9.17, 15) is 4.79 Å². The molecular formula is C20H25NO5. The molecule has 0 fully saturated rings. The Morgan fingerprint density at radius 1 is 0.885 bits per heavy atom. The van der Waals surface area contributed by atoms with Gasteiger partial charge in [0, 0.05) is 13.6 Å². The Kier molecular flexibility index (Phi) is 7.14. The maximum absolute atomic E-state index is 12.2. The average Bonchev–Trinajstić information content (AvgIpc) is 2.70. The molecule has 0 saturated carbocycles. The number of nitrogens with zero attached hydrogens (tertiary/aromatic N) is 1. The van der Waals surface area contributed by atoms with Crippen LogP contribution >= 0.6 is 0 Å². The lowest BCUT2D eigenvalue weighted by molar-refractivity contribution is -0.132. The maximum Gasteiger partial charge on any atom is 0.260 e. The van der Waals surface area contributed by atoms with Crippen molar-refractivity contribution in [1.29, 1.82) is 0 Å². The van der Waals surface area contributed by atoms with Crippen molar-refractivity contribution < 1.29 is 23.7 Å². The van der Waals surface area contributed by atoms with Gasteiger partial charge in [-0.15, -0.1) is 0 Å². The summed E-state index contributed by atoms with van der Waals surface area (Å²) in [5.74, 6) is 2.67. The lowest BCUT2D eigenvalue weighted by Crippen LogP contribution is -2.33. The summed E-state index contributed by atoms with van der Waals surface area (Å²) in [6, 6.07) is 12.9. The summed E-state index contributed by atoms with van der Waals surface area (Å²) in [5, 5.41) is 0. The van der Waals surface area contributed by atoms with Gasteiger partial charge in [-0.1, -0.05) is 6.07 Å². The van der Waals surface area contributed by atoms with Crippen LogP contribution in [0.15, 0.2) is 42.5 Å². The first-order valence-corrected chi connectivity index (χ1v) is 8.29. The number of amides is 1. The van der Waals surface area contributed by atoms with Crippen molar-refractivity contribution in [2.75, 3.05) is 41.5 Å². The van der Waals surface area contributed by atoms with Crippen LogP contribution in [-0.2, 0) is 11.2 Å². The molecule has 2 rings (SSSR count). The molecular weight excluding hydrogens is 334 g/mol. The summed E-state index contributed by atoms with van der Waals surface area (Å²) in [4.78, 5) is 13.9. The largest absolute Gasteiger partial charge is 0.497 e. The van der Waals surface area contributed by atoms with Crippen molar-refractivity contribution in [3.63, 3.8) is 0 Å². The molecule has 0 saturated heterocycles. The monoisotopic (exact) mass is 359 g/mol. The first kappa shape index (κ1) is 19.4. The molecule has 2 aromatic carbocycles. The van der Waals surface area contributed by atoms with Crippen LogP contribution in [0.3, 0.4) is 0 Å². The molecule has 0 aliphatic heterocycles. The fraction of sp³-hybridized carbons (Fsp3) is 0.350. The van der Waals surface area contributed by atoms with Gasteiger partial charge >= 0.3 is 0 Å². The molecule has 0 spiro atoms. The Morgan fingerprint density at radius 2 is 1.54 bits per heavy atom. The van der Waals surface area contributed by atoms with Gasteiger partial charge in [-0.2, -0.15) is 0 Å². The molecule has 2 aromatic rings. The normalized spacial score (nSPS) is 10.2. The topological polar surface area (TPSA) is 57.2 Å². The summed E-state index contributed by atoms with van der Waals surface area (Å²) in [6.45, 7) is 0.578. The van der Waals surface area contributed by atoms with E-state index >= 15 is 0 Å². The molecule has 6 heteroatoms. The zero-order valence-electron chi connectivity index (χ0n) is 15.7. The van der Waals surface area contributed by atoms with Crippen molar-refractivity contribution in [3.8, 4) is 23.0 Å². The Balaban J connectivity index is 1.82. The van der Waals surface area contributed by atoms with Gasteiger partial charge in [0.25, 0.3) is 5.91 Å². The summed E-state index contributed by atoms with van der Waals surface area (Å²) < 4.78 is 21.1. The van der Waals surface area contributed by atoms with Crippen LogP contribution in [0.25, 0.3) is 0 Å². The molecule has 6 nitrogen and oxygen atoms in total. The van der Waals surface area contributed by atoms with E-state index in [-0.39, 0.29) is 12.5 Å². The molecule has 0 atom stereocenters. The SMILES string of the molecule is COc1ccc(OCC(=O)N(C)CCc2ccc(OC)c(OC)c2)cc1. The molecule has 26 heavy (non-hydrogen) atoms. The van der Waals surface area contributed by atoms with Gasteiger partial charge in [0.05, 0.1) is 21.3 Å². The number of rotatable bonds is 9. The minimum absolute atomic E-state index is 0.00520. The van der Waals surface area contributed by atoms with E-state index in [4.69, 9.17) is 18.9 Å². The first-order valence-electron chi connectivity index (χ1n) is 8.29. The number of carbonyl (C=O) groups excluding carboxylic acids is 1. The molecule has 0 radical (unpaired) electrons. The first-order chi connectivity index (χ1) is 12.6. The Bertz CT molecular complexity index is 715. The second-order valence-corrected chi connectivity index (χ2v) is 5.72. The maximum atomic E-state index is 12.2. The molecule has 0 heterocycles. The number of benzene rings is 2. The Morgan fingerprint density at radius 3 is 2.15 bits per heavy atom. The Hall–Kier alpha value is -2.89. The summed E-state index contributed by atoms with van der Waals surface area (Å²) >= 11 is 0. The lowest BCUT2D eigenvalue weighted by atomic mass is 10.1. The third-order valence-electron chi connectivity index (χ3n) is 4.03. The number of ether oxygens (including phenoxy) is 4. The van der Waals surface area contributed by atoms with Crippen molar-refractivity contribution in [3.05, 3.63) is 48.0 Å². The zero-order chi connectivity index (χ0) is 18.9. The van der Waals surface area contributed by atoms with Crippen LogP contribution in [0.2, 0.25) is 0 Å². The van der Waals surface area contributed by atoms with Crippen LogP contribution in [0.4, 0.5) is 0 Å². The smallest absolute Gasteiger partial charge is 0.260 e. The standard InChI is InChI=1S/C20H25NO5/c1-21(12-11-15-5-10-18(24-3)19(13-15)25-4)20(22)14-26-17-8-6-16(23-2)7-9-17/h5-10,13H,11-12,14H2,1-4H3.